The van der Waals surface area contributed by atoms with Crippen LogP contribution in [0.15, 0.2) is 0 Å². The molecule has 0 amide bonds. The van der Waals surface area contributed by atoms with Gasteiger partial charge in [-0.1, -0.05) is 20.8 Å². The minimum Gasteiger partial charge on any atom is -0.389 e. The van der Waals surface area contributed by atoms with Gasteiger partial charge in [-0.3, -0.25) is 0 Å². The maximum atomic E-state index is 6.08. The zero-order valence-electron chi connectivity index (χ0n) is 10.2. The van der Waals surface area contributed by atoms with E-state index in [1.165, 1.54) is 0 Å². The van der Waals surface area contributed by atoms with Crippen LogP contribution in [0.3, 0.4) is 0 Å². The second-order valence-corrected chi connectivity index (χ2v) is 6.44. The lowest BCUT2D eigenvalue weighted by Gasteiger charge is -2.21. The molecule has 16 heavy (non-hydrogen) atoms. The van der Waals surface area contributed by atoms with Gasteiger partial charge in [-0.2, -0.15) is 0 Å². The first-order valence-electron chi connectivity index (χ1n) is 5.83. The van der Waals surface area contributed by atoms with Gasteiger partial charge in [0.2, 0.25) is 0 Å². The lowest BCUT2D eigenvalue weighted by atomic mass is 9.95. The van der Waals surface area contributed by atoms with Gasteiger partial charge in [0, 0.05) is 24.5 Å². The molecule has 1 aliphatic rings. The Morgan fingerprint density at radius 2 is 1.94 bits per heavy atom. The molecule has 2 heterocycles. The molecule has 2 N–H and O–H groups in total. The maximum Gasteiger partial charge on any atom is 0.110 e. The fraction of sp³-hybridized carbons (Fsp3) is 0.750. The van der Waals surface area contributed by atoms with Gasteiger partial charge in [0.1, 0.15) is 10.0 Å². The van der Waals surface area contributed by atoms with Crippen molar-refractivity contribution in [1.29, 1.82) is 0 Å². The van der Waals surface area contributed by atoms with Gasteiger partial charge in [0.15, 0.2) is 0 Å². The number of hydrogen-bond donors (Lipinski definition) is 1. The van der Waals surface area contributed by atoms with Crippen molar-refractivity contribution >= 4 is 16.3 Å². The Kier molecular flexibility index (Phi) is 3.22. The summed E-state index contributed by atoms with van der Waals surface area (Å²) in [6.45, 7) is 8.22. The average molecular weight is 240 g/mol. The summed E-state index contributed by atoms with van der Waals surface area (Å²) in [5, 5.41) is 2.04. The molecular weight excluding hydrogens is 220 g/mol. The monoisotopic (exact) mass is 240 g/mol. The van der Waals surface area contributed by atoms with E-state index in [-0.39, 0.29) is 5.41 Å². The first-order valence-corrected chi connectivity index (χ1v) is 6.64. The molecule has 0 spiro atoms. The van der Waals surface area contributed by atoms with Crippen molar-refractivity contribution in [1.82, 2.24) is 4.98 Å². The van der Waals surface area contributed by atoms with E-state index in [1.54, 1.807) is 11.3 Å². The minimum atomic E-state index is 0.0994. The van der Waals surface area contributed by atoms with E-state index in [1.807, 2.05) is 0 Å². The summed E-state index contributed by atoms with van der Waals surface area (Å²) in [6, 6.07) is 0. The van der Waals surface area contributed by atoms with E-state index in [0.717, 1.165) is 41.8 Å². The van der Waals surface area contributed by atoms with Gasteiger partial charge >= 0.3 is 0 Å². The van der Waals surface area contributed by atoms with Crippen LogP contribution in [0, 0.1) is 0 Å². The first-order chi connectivity index (χ1) is 7.48. The van der Waals surface area contributed by atoms with Crippen LogP contribution in [0.2, 0.25) is 0 Å². The van der Waals surface area contributed by atoms with E-state index < -0.39 is 0 Å². The number of hydrogen-bond acceptors (Lipinski definition) is 4. The second-order valence-electron chi connectivity index (χ2n) is 5.41. The molecule has 90 valence electrons. The van der Waals surface area contributed by atoms with Gasteiger partial charge in [0.05, 0.1) is 5.69 Å². The number of thiazole rings is 1. The van der Waals surface area contributed by atoms with E-state index in [2.05, 4.69) is 20.8 Å². The van der Waals surface area contributed by atoms with Gasteiger partial charge in [-0.15, -0.1) is 11.3 Å². The van der Waals surface area contributed by atoms with E-state index >= 15 is 0 Å². The third-order valence-corrected chi connectivity index (χ3v) is 4.26. The van der Waals surface area contributed by atoms with E-state index in [0.29, 0.717) is 5.92 Å². The molecule has 0 radical (unpaired) electrons. The summed E-state index contributed by atoms with van der Waals surface area (Å²) in [4.78, 5) is 4.74. The molecule has 4 heteroatoms. The summed E-state index contributed by atoms with van der Waals surface area (Å²) in [5.74, 6) is 0.501. The molecule has 3 nitrogen and oxygen atoms in total. The fourth-order valence-corrected chi connectivity index (χ4v) is 2.90. The predicted molar refractivity (Wildman–Crippen MR) is 68.0 cm³/mol. The van der Waals surface area contributed by atoms with Crippen LogP contribution in [0.25, 0.3) is 0 Å². The molecule has 0 aromatic carbocycles. The number of anilines is 1. The predicted octanol–water partition coefficient (Wildman–Crippen LogP) is 2.92. The van der Waals surface area contributed by atoms with Crippen molar-refractivity contribution < 1.29 is 4.74 Å². The summed E-state index contributed by atoms with van der Waals surface area (Å²) in [6.07, 6.45) is 2.11. The Balaban J connectivity index is 2.24. The molecule has 0 saturated carbocycles. The van der Waals surface area contributed by atoms with Crippen LogP contribution in [-0.2, 0) is 10.2 Å². The Hall–Kier alpha value is -0.610. The highest BCUT2D eigenvalue weighted by Gasteiger charge is 2.25. The van der Waals surface area contributed by atoms with E-state index in [9.17, 15) is 0 Å². The quantitative estimate of drug-likeness (QED) is 0.821. The van der Waals surface area contributed by atoms with Crippen LogP contribution in [0.1, 0.15) is 50.2 Å². The molecule has 1 fully saturated rings. The molecule has 1 aromatic rings. The third-order valence-electron chi connectivity index (χ3n) is 2.93. The lowest BCUT2D eigenvalue weighted by molar-refractivity contribution is 0.0847. The van der Waals surface area contributed by atoms with Crippen molar-refractivity contribution in [3.63, 3.8) is 0 Å². The molecule has 2 rings (SSSR count). The molecule has 1 aliphatic heterocycles. The Labute approximate surface area is 101 Å². The van der Waals surface area contributed by atoms with Crippen LogP contribution in [0.4, 0.5) is 5.00 Å². The number of aromatic nitrogens is 1. The second kappa shape index (κ2) is 4.34. The molecule has 0 bridgehead atoms. The Morgan fingerprint density at radius 1 is 1.31 bits per heavy atom. The largest absolute Gasteiger partial charge is 0.389 e. The van der Waals surface area contributed by atoms with Crippen LogP contribution in [-0.4, -0.2) is 18.2 Å². The highest BCUT2D eigenvalue weighted by molar-refractivity contribution is 7.15. The zero-order valence-corrected chi connectivity index (χ0v) is 11.1. The van der Waals surface area contributed by atoms with Crippen LogP contribution < -0.4 is 5.73 Å². The molecule has 1 aromatic heterocycles. The summed E-state index contributed by atoms with van der Waals surface area (Å²) in [5.41, 5.74) is 7.29. The average Bonchev–Trinajstić information content (AvgIpc) is 2.61. The van der Waals surface area contributed by atoms with Crippen LogP contribution >= 0.6 is 11.3 Å². The van der Waals surface area contributed by atoms with Gasteiger partial charge in [-0.05, 0) is 12.8 Å². The lowest BCUT2D eigenvalue weighted by Crippen LogP contribution is -2.16. The van der Waals surface area contributed by atoms with Crippen molar-refractivity contribution in [3.8, 4) is 0 Å². The first kappa shape index (κ1) is 11.9. The van der Waals surface area contributed by atoms with Gasteiger partial charge in [0.25, 0.3) is 0 Å². The third kappa shape index (κ3) is 2.38. The molecular formula is C12H20N2OS. The van der Waals surface area contributed by atoms with Gasteiger partial charge in [-0.25, -0.2) is 4.98 Å². The van der Waals surface area contributed by atoms with Crippen molar-refractivity contribution in [2.45, 2.75) is 44.9 Å². The molecule has 0 atom stereocenters. The zero-order chi connectivity index (χ0) is 11.8. The molecule has 0 aliphatic carbocycles. The molecule has 0 unspecified atom stereocenters. The highest BCUT2D eigenvalue weighted by atomic mass is 32.1. The fourth-order valence-electron chi connectivity index (χ4n) is 1.93. The number of nitrogen functional groups attached to an aromatic ring is 1. The Bertz CT molecular complexity index is 362. The van der Waals surface area contributed by atoms with Gasteiger partial charge < -0.3 is 10.5 Å². The van der Waals surface area contributed by atoms with Crippen molar-refractivity contribution in [2.75, 3.05) is 18.9 Å². The van der Waals surface area contributed by atoms with Crippen LogP contribution in [0.5, 0.6) is 0 Å². The smallest absolute Gasteiger partial charge is 0.110 e. The number of ether oxygens (including phenoxy) is 1. The standard InChI is InChI=1S/C12H20N2OS/c1-12(2,3)11-14-9(10(13)16-11)8-4-6-15-7-5-8/h8H,4-7,13H2,1-3H3. The van der Waals surface area contributed by atoms with E-state index in [4.69, 9.17) is 15.5 Å². The maximum absolute atomic E-state index is 6.08. The number of nitrogens with zero attached hydrogens (tertiary/aromatic N) is 1. The summed E-state index contributed by atoms with van der Waals surface area (Å²) in [7, 11) is 0. The number of rotatable bonds is 1. The SMILES string of the molecule is CC(C)(C)c1nc(C2CCOCC2)c(N)s1. The van der Waals surface area contributed by atoms with Crippen molar-refractivity contribution in [3.05, 3.63) is 10.7 Å². The Morgan fingerprint density at radius 3 is 2.44 bits per heavy atom. The number of nitrogens with two attached hydrogens (primary N) is 1. The normalized spacial score (nSPS) is 18.9. The highest BCUT2D eigenvalue weighted by Crippen LogP contribution is 2.37. The van der Waals surface area contributed by atoms with Crippen molar-refractivity contribution in [2.24, 2.45) is 0 Å². The molecule has 1 saturated heterocycles. The minimum absolute atomic E-state index is 0.0994. The topological polar surface area (TPSA) is 48.1 Å². The summed E-state index contributed by atoms with van der Waals surface area (Å²) < 4.78 is 5.37. The summed E-state index contributed by atoms with van der Waals surface area (Å²) >= 11 is 1.64.